The lowest BCUT2D eigenvalue weighted by Crippen LogP contribution is -1.94. The number of benzene rings is 2. The van der Waals surface area contributed by atoms with E-state index in [0.717, 1.165) is 27.9 Å². The van der Waals surface area contributed by atoms with Crippen molar-refractivity contribution in [1.29, 1.82) is 0 Å². The Balaban J connectivity index is 1.85. The van der Waals surface area contributed by atoms with Crippen LogP contribution in [0.3, 0.4) is 0 Å². The molecule has 0 saturated carbocycles. The number of carboxylic acids is 1. The Morgan fingerprint density at radius 2 is 1.81 bits per heavy atom. The van der Waals surface area contributed by atoms with Crippen molar-refractivity contribution in [3.8, 4) is 0 Å². The van der Waals surface area contributed by atoms with Crippen molar-refractivity contribution >= 4 is 29.1 Å². The minimum absolute atomic E-state index is 0.284. The number of fused-ring (bicyclic) bond motifs is 1. The zero-order valence-corrected chi connectivity index (χ0v) is 11.5. The Labute approximate surface area is 122 Å². The smallest absolute Gasteiger partial charge is 0.335 e. The molecule has 0 spiro atoms. The molecule has 0 unspecified atom stereocenters. The van der Waals surface area contributed by atoms with E-state index in [1.807, 2.05) is 37.3 Å². The molecule has 2 aromatic carbocycles. The molecule has 0 atom stereocenters. The second kappa shape index (κ2) is 5.29. The first kappa shape index (κ1) is 13.2. The summed E-state index contributed by atoms with van der Waals surface area (Å²) in [6.45, 7) is 2.03. The first-order valence-corrected chi connectivity index (χ1v) is 6.63. The second-order valence-electron chi connectivity index (χ2n) is 4.95. The maximum absolute atomic E-state index is 10.8. The van der Waals surface area contributed by atoms with E-state index in [9.17, 15) is 4.79 Å². The second-order valence-corrected chi connectivity index (χ2v) is 4.95. The molecular weight excluding hydrogens is 264 g/mol. The van der Waals surface area contributed by atoms with Gasteiger partial charge in [-0.25, -0.2) is 4.79 Å². The van der Waals surface area contributed by atoms with Gasteiger partial charge in [0.05, 0.1) is 5.56 Å². The van der Waals surface area contributed by atoms with E-state index in [0.29, 0.717) is 0 Å². The summed E-state index contributed by atoms with van der Waals surface area (Å²) in [4.78, 5) is 10.8. The molecule has 0 aliphatic heterocycles. The van der Waals surface area contributed by atoms with Gasteiger partial charge in [-0.15, -0.1) is 0 Å². The third-order valence-electron chi connectivity index (χ3n) is 3.29. The minimum Gasteiger partial charge on any atom is -0.478 e. The van der Waals surface area contributed by atoms with Gasteiger partial charge in [-0.3, -0.25) is 0 Å². The highest BCUT2D eigenvalue weighted by molar-refractivity contribution is 5.88. The van der Waals surface area contributed by atoms with Gasteiger partial charge >= 0.3 is 5.97 Å². The summed E-state index contributed by atoms with van der Waals surface area (Å²) in [6, 6.07) is 14.8. The van der Waals surface area contributed by atoms with Crippen LogP contribution in [0.4, 0.5) is 0 Å². The Kier molecular flexibility index (Phi) is 3.32. The predicted molar refractivity (Wildman–Crippen MR) is 83.3 cm³/mol. The first-order valence-electron chi connectivity index (χ1n) is 6.63. The molecule has 1 heterocycles. The fourth-order valence-electron chi connectivity index (χ4n) is 2.16. The molecule has 0 saturated heterocycles. The van der Waals surface area contributed by atoms with Crippen LogP contribution in [0.2, 0.25) is 0 Å². The number of aromatic carboxylic acids is 1. The third-order valence-corrected chi connectivity index (χ3v) is 3.29. The number of rotatable bonds is 3. The van der Waals surface area contributed by atoms with Gasteiger partial charge in [-0.2, -0.15) is 0 Å². The number of hydrogen-bond donors (Lipinski definition) is 1. The van der Waals surface area contributed by atoms with Crippen molar-refractivity contribution in [2.24, 2.45) is 0 Å². The van der Waals surface area contributed by atoms with E-state index in [1.165, 1.54) is 0 Å². The molecule has 0 aliphatic carbocycles. The molecule has 3 heteroatoms. The lowest BCUT2D eigenvalue weighted by molar-refractivity contribution is 0.0697. The Hall–Kier alpha value is -2.81. The van der Waals surface area contributed by atoms with E-state index in [2.05, 4.69) is 6.07 Å². The molecule has 3 rings (SSSR count). The van der Waals surface area contributed by atoms with Crippen molar-refractivity contribution in [2.45, 2.75) is 6.92 Å². The standard InChI is InChI=1S/C18H14O3/c1-12-2-6-15-11-16(21-17(15)10-12)9-5-13-3-7-14(8-4-13)18(19)20/h2-11H,1H3,(H,19,20)/b9-5+. The van der Waals surface area contributed by atoms with Gasteiger partial charge in [0, 0.05) is 5.39 Å². The average Bonchev–Trinajstić information content (AvgIpc) is 2.87. The normalized spacial score (nSPS) is 11.3. The lowest BCUT2D eigenvalue weighted by Gasteiger charge is -1.95. The lowest BCUT2D eigenvalue weighted by atomic mass is 10.1. The summed E-state index contributed by atoms with van der Waals surface area (Å²) in [5.74, 6) is -0.143. The quantitative estimate of drug-likeness (QED) is 0.761. The first-order chi connectivity index (χ1) is 10.1. The fourth-order valence-corrected chi connectivity index (χ4v) is 2.16. The van der Waals surface area contributed by atoms with Gasteiger partial charge in [0.15, 0.2) is 0 Å². The van der Waals surface area contributed by atoms with Gasteiger partial charge in [-0.1, -0.05) is 30.3 Å². The van der Waals surface area contributed by atoms with Crippen LogP contribution in [0.25, 0.3) is 23.1 Å². The van der Waals surface area contributed by atoms with Gasteiger partial charge in [0.2, 0.25) is 0 Å². The number of carbonyl (C=O) groups is 1. The van der Waals surface area contributed by atoms with Crippen molar-refractivity contribution in [2.75, 3.05) is 0 Å². The van der Waals surface area contributed by atoms with E-state index in [-0.39, 0.29) is 5.56 Å². The highest BCUT2D eigenvalue weighted by Crippen LogP contribution is 2.22. The SMILES string of the molecule is Cc1ccc2cc(/C=C/c3ccc(C(=O)O)cc3)oc2c1. The van der Waals surface area contributed by atoms with Crippen molar-refractivity contribution < 1.29 is 14.3 Å². The van der Waals surface area contributed by atoms with Crippen molar-refractivity contribution in [3.63, 3.8) is 0 Å². The molecule has 0 fully saturated rings. The number of hydrogen-bond acceptors (Lipinski definition) is 2. The minimum atomic E-state index is -0.918. The van der Waals surface area contributed by atoms with Crippen LogP contribution in [-0.2, 0) is 0 Å². The maximum atomic E-state index is 10.8. The van der Waals surface area contributed by atoms with Crippen LogP contribution in [0, 0.1) is 6.92 Å². The van der Waals surface area contributed by atoms with E-state index >= 15 is 0 Å². The molecule has 21 heavy (non-hydrogen) atoms. The Morgan fingerprint density at radius 1 is 1.05 bits per heavy atom. The molecule has 0 amide bonds. The monoisotopic (exact) mass is 278 g/mol. The van der Waals surface area contributed by atoms with E-state index < -0.39 is 5.97 Å². The molecule has 3 aromatic rings. The Morgan fingerprint density at radius 3 is 2.52 bits per heavy atom. The molecule has 0 aliphatic rings. The number of carboxylic acid groups (broad SMARTS) is 1. The third kappa shape index (κ3) is 2.87. The van der Waals surface area contributed by atoms with Gasteiger partial charge in [0.1, 0.15) is 11.3 Å². The van der Waals surface area contributed by atoms with E-state index in [4.69, 9.17) is 9.52 Å². The molecule has 3 nitrogen and oxygen atoms in total. The molecular formula is C18H14O3. The number of furan rings is 1. The summed E-state index contributed by atoms with van der Waals surface area (Å²) >= 11 is 0. The van der Waals surface area contributed by atoms with Crippen LogP contribution < -0.4 is 0 Å². The Bertz CT molecular complexity index is 823. The molecule has 1 aromatic heterocycles. The average molecular weight is 278 g/mol. The van der Waals surface area contributed by atoms with Crippen LogP contribution >= 0.6 is 0 Å². The summed E-state index contributed by atoms with van der Waals surface area (Å²) in [7, 11) is 0. The molecule has 104 valence electrons. The number of aryl methyl sites for hydroxylation is 1. The zero-order valence-electron chi connectivity index (χ0n) is 11.5. The summed E-state index contributed by atoms with van der Waals surface area (Å²) in [5.41, 5.74) is 3.25. The predicted octanol–water partition coefficient (Wildman–Crippen LogP) is 4.61. The van der Waals surface area contributed by atoms with Gasteiger partial charge < -0.3 is 9.52 Å². The molecule has 1 N–H and O–H groups in total. The van der Waals surface area contributed by atoms with Crippen LogP contribution in [0.15, 0.2) is 52.9 Å². The zero-order chi connectivity index (χ0) is 14.8. The van der Waals surface area contributed by atoms with Crippen LogP contribution in [-0.4, -0.2) is 11.1 Å². The summed E-state index contributed by atoms with van der Waals surface area (Å²) in [5, 5.41) is 9.92. The fraction of sp³-hybridized carbons (Fsp3) is 0.0556. The molecule has 0 bridgehead atoms. The summed E-state index contributed by atoms with van der Waals surface area (Å²) < 4.78 is 5.75. The largest absolute Gasteiger partial charge is 0.478 e. The van der Waals surface area contributed by atoms with Crippen molar-refractivity contribution in [1.82, 2.24) is 0 Å². The van der Waals surface area contributed by atoms with Crippen LogP contribution in [0.1, 0.15) is 27.2 Å². The van der Waals surface area contributed by atoms with Gasteiger partial charge in [-0.05, 0) is 48.4 Å². The highest BCUT2D eigenvalue weighted by Gasteiger charge is 2.02. The van der Waals surface area contributed by atoms with Gasteiger partial charge in [0.25, 0.3) is 0 Å². The topological polar surface area (TPSA) is 50.4 Å². The van der Waals surface area contributed by atoms with Crippen LogP contribution in [0.5, 0.6) is 0 Å². The molecule has 0 radical (unpaired) electrons. The highest BCUT2D eigenvalue weighted by atomic mass is 16.4. The summed E-state index contributed by atoms with van der Waals surface area (Å²) in [6.07, 6.45) is 3.78. The van der Waals surface area contributed by atoms with E-state index in [1.54, 1.807) is 24.3 Å². The maximum Gasteiger partial charge on any atom is 0.335 e. The van der Waals surface area contributed by atoms with Crippen molar-refractivity contribution in [3.05, 3.63) is 71.0 Å².